The molecule has 1 aromatic carbocycles. The first-order valence-electron chi connectivity index (χ1n) is 7.70. The van der Waals surface area contributed by atoms with E-state index < -0.39 is 0 Å². The van der Waals surface area contributed by atoms with Gasteiger partial charge in [-0.3, -0.25) is 9.69 Å². The number of nitrogens with one attached hydrogen (secondary N) is 1. The number of aryl methyl sites for hydroxylation is 1. The molecule has 1 amide bonds. The van der Waals surface area contributed by atoms with Crippen LogP contribution in [0, 0.1) is 6.92 Å². The zero-order valence-electron chi connectivity index (χ0n) is 13.9. The van der Waals surface area contributed by atoms with E-state index >= 15 is 0 Å². The maximum atomic E-state index is 12.2. The molecular formula is C17H26N2O3. The van der Waals surface area contributed by atoms with Gasteiger partial charge in [-0.15, -0.1) is 0 Å². The molecule has 0 aliphatic carbocycles. The Bertz CT molecular complexity index is 529. The van der Waals surface area contributed by atoms with Gasteiger partial charge in [0.2, 0.25) is 5.91 Å². The molecule has 0 atom stereocenters. The fraction of sp³-hybridized carbons (Fsp3) is 0.588. The van der Waals surface area contributed by atoms with Crippen LogP contribution in [0.1, 0.15) is 25.8 Å². The van der Waals surface area contributed by atoms with E-state index in [1.807, 2.05) is 25.1 Å². The van der Waals surface area contributed by atoms with Crippen molar-refractivity contribution in [3.8, 4) is 5.75 Å². The lowest BCUT2D eigenvalue weighted by atomic mass is 10.1. The third-order valence-corrected chi connectivity index (χ3v) is 3.79. The molecule has 122 valence electrons. The fourth-order valence-electron chi connectivity index (χ4n) is 2.70. The Morgan fingerprint density at radius 1 is 1.45 bits per heavy atom. The van der Waals surface area contributed by atoms with Gasteiger partial charge in [0, 0.05) is 26.1 Å². The standard InChI is InChI=1S/C17H26N2O3/c1-13-5-6-15(21-4)14(11-13)18-16(20)7-8-19-9-10-22-17(2,3)12-19/h5-6,11H,7-10,12H2,1-4H3,(H,18,20). The second-order valence-corrected chi connectivity index (χ2v) is 6.39. The lowest BCUT2D eigenvalue weighted by Gasteiger charge is -2.38. The predicted molar refractivity (Wildman–Crippen MR) is 87.4 cm³/mol. The summed E-state index contributed by atoms with van der Waals surface area (Å²) in [5.74, 6) is 0.694. The summed E-state index contributed by atoms with van der Waals surface area (Å²) in [6, 6.07) is 5.76. The first-order chi connectivity index (χ1) is 10.4. The van der Waals surface area contributed by atoms with E-state index in [9.17, 15) is 4.79 Å². The Hall–Kier alpha value is -1.59. The van der Waals surface area contributed by atoms with Crippen molar-refractivity contribution in [1.82, 2.24) is 4.90 Å². The van der Waals surface area contributed by atoms with E-state index in [2.05, 4.69) is 24.1 Å². The van der Waals surface area contributed by atoms with Gasteiger partial charge in [0.1, 0.15) is 5.75 Å². The topological polar surface area (TPSA) is 50.8 Å². The molecule has 1 fully saturated rings. The van der Waals surface area contributed by atoms with Crippen molar-refractivity contribution < 1.29 is 14.3 Å². The van der Waals surface area contributed by atoms with Crippen molar-refractivity contribution in [2.45, 2.75) is 32.8 Å². The van der Waals surface area contributed by atoms with Crippen molar-refractivity contribution in [2.75, 3.05) is 38.7 Å². The van der Waals surface area contributed by atoms with Crippen LogP contribution in [0.25, 0.3) is 0 Å². The average molecular weight is 306 g/mol. The summed E-state index contributed by atoms with van der Waals surface area (Å²) in [5, 5.41) is 2.94. The zero-order chi connectivity index (χ0) is 16.2. The lowest BCUT2D eigenvalue weighted by Crippen LogP contribution is -2.48. The third-order valence-electron chi connectivity index (χ3n) is 3.79. The van der Waals surface area contributed by atoms with Gasteiger partial charge in [0.25, 0.3) is 0 Å². The highest BCUT2D eigenvalue weighted by molar-refractivity contribution is 5.92. The number of benzene rings is 1. The third kappa shape index (κ3) is 4.71. The van der Waals surface area contributed by atoms with Gasteiger partial charge in [-0.05, 0) is 38.5 Å². The molecule has 0 spiro atoms. The van der Waals surface area contributed by atoms with Crippen LogP contribution in [0.15, 0.2) is 18.2 Å². The van der Waals surface area contributed by atoms with Crippen molar-refractivity contribution in [3.05, 3.63) is 23.8 Å². The number of methoxy groups -OCH3 is 1. The van der Waals surface area contributed by atoms with Crippen LogP contribution >= 0.6 is 0 Å². The Balaban J connectivity index is 1.87. The molecule has 5 nitrogen and oxygen atoms in total. The molecule has 1 N–H and O–H groups in total. The summed E-state index contributed by atoms with van der Waals surface area (Å²) >= 11 is 0. The van der Waals surface area contributed by atoms with Crippen molar-refractivity contribution in [1.29, 1.82) is 0 Å². The van der Waals surface area contributed by atoms with Gasteiger partial charge in [0.05, 0.1) is 25.0 Å². The minimum atomic E-state index is -0.130. The molecule has 1 heterocycles. The van der Waals surface area contributed by atoms with Crippen molar-refractivity contribution >= 4 is 11.6 Å². The number of carbonyl (C=O) groups excluding carboxylic acids is 1. The Kier molecular flexibility index (Phi) is 5.42. The summed E-state index contributed by atoms with van der Waals surface area (Å²) in [7, 11) is 1.61. The molecule has 0 unspecified atom stereocenters. The summed E-state index contributed by atoms with van der Waals surface area (Å²) in [6.07, 6.45) is 0.465. The first kappa shape index (κ1) is 16.8. The minimum Gasteiger partial charge on any atom is -0.495 e. The zero-order valence-corrected chi connectivity index (χ0v) is 13.9. The van der Waals surface area contributed by atoms with Crippen LogP contribution in [0.3, 0.4) is 0 Å². The van der Waals surface area contributed by atoms with Gasteiger partial charge < -0.3 is 14.8 Å². The van der Waals surface area contributed by atoms with E-state index in [4.69, 9.17) is 9.47 Å². The molecule has 0 aromatic heterocycles. The molecule has 2 rings (SSSR count). The van der Waals surface area contributed by atoms with E-state index in [0.717, 1.165) is 37.5 Å². The Morgan fingerprint density at radius 3 is 2.91 bits per heavy atom. The van der Waals surface area contributed by atoms with Crippen LogP contribution in [0.4, 0.5) is 5.69 Å². The van der Waals surface area contributed by atoms with E-state index in [-0.39, 0.29) is 11.5 Å². The molecule has 22 heavy (non-hydrogen) atoms. The van der Waals surface area contributed by atoms with E-state index in [0.29, 0.717) is 12.2 Å². The summed E-state index contributed by atoms with van der Waals surface area (Å²) in [5.41, 5.74) is 1.69. The number of anilines is 1. The second kappa shape index (κ2) is 7.11. The predicted octanol–water partition coefficient (Wildman–Crippen LogP) is 2.44. The fourth-order valence-corrected chi connectivity index (χ4v) is 2.70. The smallest absolute Gasteiger partial charge is 0.225 e. The molecular weight excluding hydrogens is 280 g/mol. The summed E-state index contributed by atoms with van der Waals surface area (Å²) in [6.45, 7) is 9.35. The molecule has 0 saturated carbocycles. The molecule has 0 bridgehead atoms. The number of rotatable bonds is 5. The van der Waals surface area contributed by atoms with Crippen molar-refractivity contribution in [3.63, 3.8) is 0 Å². The Labute approximate surface area is 132 Å². The van der Waals surface area contributed by atoms with Crippen LogP contribution < -0.4 is 10.1 Å². The van der Waals surface area contributed by atoms with Crippen LogP contribution in [0.5, 0.6) is 5.75 Å². The minimum absolute atomic E-state index is 0.00759. The van der Waals surface area contributed by atoms with Crippen LogP contribution in [0.2, 0.25) is 0 Å². The van der Waals surface area contributed by atoms with Gasteiger partial charge in [0.15, 0.2) is 0 Å². The normalized spacial score (nSPS) is 18.0. The highest BCUT2D eigenvalue weighted by atomic mass is 16.5. The largest absolute Gasteiger partial charge is 0.495 e. The average Bonchev–Trinajstić information content (AvgIpc) is 2.44. The molecule has 1 aliphatic rings. The van der Waals surface area contributed by atoms with Gasteiger partial charge in [-0.1, -0.05) is 6.07 Å². The number of amides is 1. The maximum Gasteiger partial charge on any atom is 0.225 e. The van der Waals surface area contributed by atoms with Gasteiger partial charge in [-0.25, -0.2) is 0 Å². The number of carbonyl (C=O) groups is 1. The van der Waals surface area contributed by atoms with Gasteiger partial charge >= 0.3 is 0 Å². The first-order valence-corrected chi connectivity index (χ1v) is 7.70. The number of hydrogen-bond donors (Lipinski definition) is 1. The highest BCUT2D eigenvalue weighted by Gasteiger charge is 2.27. The lowest BCUT2D eigenvalue weighted by molar-refractivity contribution is -0.118. The quantitative estimate of drug-likeness (QED) is 0.908. The number of morpholine rings is 1. The van der Waals surface area contributed by atoms with Crippen LogP contribution in [-0.2, 0) is 9.53 Å². The monoisotopic (exact) mass is 306 g/mol. The maximum absolute atomic E-state index is 12.2. The molecule has 1 aromatic rings. The number of nitrogens with zero attached hydrogens (tertiary/aromatic N) is 1. The number of hydrogen-bond acceptors (Lipinski definition) is 4. The van der Waals surface area contributed by atoms with Crippen molar-refractivity contribution in [2.24, 2.45) is 0 Å². The molecule has 5 heteroatoms. The molecule has 1 aliphatic heterocycles. The number of ether oxygens (including phenoxy) is 2. The second-order valence-electron chi connectivity index (χ2n) is 6.39. The summed E-state index contributed by atoms with van der Waals surface area (Å²) < 4.78 is 11.0. The summed E-state index contributed by atoms with van der Waals surface area (Å²) in [4.78, 5) is 14.4. The highest BCUT2D eigenvalue weighted by Crippen LogP contribution is 2.25. The Morgan fingerprint density at radius 2 is 2.23 bits per heavy atom. The van der Waals surface area contributed by atoms with Crippen LogP contribution in [-0.4, -0.2) is 49.8 Å². The van der Waals surface area contributed by atoms with Gasteiger partial charge in [-0.2, -0.15) is 0 Å². The SMILES string of the molecule is COc1ccc(C)cc1NC(=O)CCN1CCOC(C)(C)C1. The van der Waals surface area contributed by atoms with E-state index in [1.165, 1.54) is 0 Å². The molecule has 1 saturated heterocycles. The van der Waals surface area contributed by atoms with E-state index in [1.54, 1.807) is 7.11 Å². The molecule has 0 radical (unpaired) electrons.